The van der Waals surface area contributed by atoms with Crippen LogP contribution in [-0.4, -0.2) is 6.88 Å². The summed E-state index contributed by atoms with van der Waals surface area (Å²) in [7, 11) is 0. The number of benzene rings is 16. The van der Waals surface area contributed by atoms with Crippen molar-refractivity contribution < 1.29 is 48.1 Å². The molecule has 476 valence electrons. The topological polar surface area (TPSA) is 0 Å². The first-order valence-corrected chi connectivity index (χ1v) is 37.1. The average molecular weight is 1390 g/mol. The molecule has 98 heavy (non-hydrogen) atoms. The Labute approximate surface area is 605 Å². The van der Waals surface area contributed by atoms with E-state index >= 15 is 0 Å². The van der Waals surface area contributed by atoms with Crippen molar-refractivity contribution in [2.24, 2.45) is 0 Å². The normalized spacial score (nSPS) is 11.7. The zero-order valence-electron chi connectivity index (χ0n) is 55.5. The van der Waals surface area contributed by atoms with Crippen molar-refractivity contribution in [3.05, 3.63) is 365 Å². The summed E-state index contributed by atoms with van der Waals surface area (Å²) in [6.07, 6.45) is 1.98. The van der Waals surface area contributed by atoms with E-state index in [9.17, 15) is 0 Å². The van der Waals surface area contributed by atoms with Gasteiger partial charge in [-0.2, -0.15) is 12.1 Å². The van der Waals surface area contributed by atoms with Crippen LogP contribution in [0.5, 0.6) is 0 Å². The van der Waals surface area contributed by atoms with Gasteiger partial charge in [-0.25, -0.2) is 0 Å². The van der Waals surface area contributed by atoms with Gasteiger partial charge in [0.05, 0.1) is 0 Å². The molecule has 0 aromatic heterocycles. The van der Waals surface area contributed by atoms with Crippen molar-refractivity contribution in [3.63, 3.8) is 0 Å². The first kappa shape index (κ1) is 68.4. The van der Waals surface area contributed by atoms with Crippen molar-refractivity contribution in [1.29, 1.82) is 0 Å². The maximum absolute atomic E-state index is 3.06. The fraction of sp³-hybridized carbons (Fsp3) is 0.0638. The molecule has 0 nitrogen and oxygen atoms in total. The Morgan fingerprint density at radius 3 is 0.704 bits per heavy atom. The van der Waals surface area contributed by atoms with Gasteiger partial charge >= 0.3 is 30.2 Å². The fourth-order valence-electron chi connectivity index (χ4n) is 15.5. The van der Waals surface area contributed by atoms with Gasteiger partial charge in [0.1, 0.15) is 0 Å². The van der Waals surface area contributed by atoms with Crippen LogP contribution in [0.3, 0.4) is 0 Å². The molecular formula is C94H72Cl2SiZr-6. The van der Waals surface area contributed by atoms with Crippen LogP contribution in [0.4, 0.5) is 0 Å². The molecule has 2 radical (unpaired) electrons. The van der Waals surface area contributed by atoms with Crippen LogP contribution in [0.25, 0.3) is 152 Å². The van der Waals surface area contributed by atoms with Crippen LogP contribution in [-0.2, 0) is 36.2 Å². The van der Waals surface area contributed by atoms with Crippen LogP contribution in [0.15, 0.2) is 328 Å². The Hall–Kier alpha value is -9.50. The van der Waals surface area contributed by atoms with Gasteiger partial charge in [-0.3, -0.25) is 0 Å². The van der Waals surface area contributed by atoms with Gasteiger partial charge in [-0.1, -0.05) is 315 Å². The predicted octanol–water partition coefficient (Wildman–Crippen LogP) is 20.2. The Balaban J connectivity index is 0.000000175. The Kier molecular flexibility index (Phi) is 20.7. The molecule has 0 saturated heterocycles. The van der Waals surface area contributed by atoms with E-state index in [1.807, 2.05) is 0 Å². The number of hydrogen-bond donors (Lipinski definition) is 0. The molecule has 18 rings (SSSR count). The molecule has 0 aliphatic heterocycles. The first-order valence-electron chi connectivity index (χ1n) is 32.9. The molecule has 0 aliphatic rings. The van der Waals surface area contributed by atoms with Gasteiger partial charge in [0.15, 0.2) is 0 Å². The Morgan fingerprint density at radius 2 is 0.459 bits per heavy atom. The van der Waals surface area contributed by atoms with E-state index in [1.165, 1.54) is 198 Å². The van der Waals surface area contributed by atoms with Crippen LogP contribution in [0, 0.1) is 14.9 Å². The second-order valence-corrected chi connectivity index (χ2v) is 25.5. The second kappa shape index (κ2) is 29.7. The van der Waals surface area contributed by atoms with Crippen LogP contribution in [0.1, 0.15) is 47.9 Å². The summed E-state index contributed by atoms with van der Waals surface area (Å²) < 4.78 is 0. The van der Waals surface area contributed by atoms with E-state index in [0.29, 0.717) is 11.8 Å². The molecule has 4 heteroatoms. The van der Waals surface area contributed by atoms with Gasteiger partial charge in [0, 0.05) is 0 Å². The SMILES string of the molecule is CC(Cc1cc2c(-c3c4ccccc4cc4ccccc34)ccc(-c3c4ccccc4cc4ccccc34)c2[cH-]1)c1ccccc1.CC(Cc1cc2c(-c3c4ccccc4cc4ccccc34)ccc(-c3c4ccccc4cc4ccccc34)c2[cH-]1)c1ccccc1.[CH3-].[CH3-].[Cl-].[Cl-].[Si]=[Zr]. The summed E-state index contributed by atoms with van der Waals surface area (Å²) in [5.41, 5.74) is 16.0. The maximum atomic E-state index is 3.06. The Morgan fingerprint density at radius 1 is 0.255 bits per heavy atom. The third-order valence-corrected chi connectivity index (χ3v) is 19.9. The molecule has 2 atom stereocenters. The molecule has 18 aromatic rings. The van der Waals surface area contributed by atoms with E-state index < -0.39 is 0 Å². The average Bonchev–Trinajstić information content (AvgIpc) is 1.32. The molecule has 0 N–H and O–H groups in total. The molecule has 0 fully saturated rings. The van der Waals surface area contributed by atoms with Crippen LogP contribution in [0.2, 0.25) is 0 Å². The zero-order valence-corrected chi connectivity index (χ0v) is 60.5. The number of rotatable bonds is 10. The molecule has 0 saturated carbocycles. The molecule has 0 amide bonds. The molecule has 0 heterocycles. The minimum absolute atomic E-state index is 0. The van der Waals surface area contributed by atoms with Crippen molar-refractivity contribution in [2.45, 2.75) is 38.5 Å². The summed E-state index contributed by atoms with van der Waals surface area (Å²) in [5, 5.41) is 25.9. The van der Waals surface area contributed by atoms with E-state index in [2.05, 4.69) is 348 Å². The first-order chi connectivity index (χ1) is 46.5. The van der Waals surface area contributed by atoms with Crippen molar-refractivity contribution in [2.75, 3.05) is 0 Å². The molecule has 0 spiro atoms. The van der Waals surface area contributed by atoms with Crippen LogP contribution >= 0.6 is 0 Å². The van der Waals surface area contributed by atoms with Crippen molar-refractivity contribution in [3.8, 4) is 44.5 Å². The summed E-state index contributed by atoms with van der Waals surface area (Å²) >= 11 is 1.36. The third kappa shape index (κ3) is 12.5. The summed E-state index contributed by atoms with van der Waals surface area (Å²) in [4.78, 5) is 0. The fourth-order valence-corrected chi connectivity index (χ4v) is 15.5. The monoisotopic (exact) mass is 1390 g/mol. The van der Waals surface area contributed by atoms with Gasteiger partial charge in [-0.05, 0) is 169 Å². The second-order valence-electron chi connectivity index (χ2n) is 25.5. The number of halogens is 2. The molecule has 2 unspecified atom stereocenters. The summed E-state index contributed by atoms with van der Waals surface area (Å²) in [6, 6.07) is 122. The number of fused-ring (bicyclic) bond motifs is 10. The Bertz CT molecular complexity index is 5010. The van der Waals surface area contributed by atoms with Gasteiger partial charge in [0.25, 0.3) is 0 Å². The molecule has 18 aromatic carbocycles. The zero-order chi connectivity index (χ0) is 63.2. The molecular weight excluding hydrogens is 1320 g/mol. The van der Waals surface area contributed by atoms with Crippen LogP contribution < -0.4 is 24.8 Å². The summed E-state index contributed by atoms with van der Waals surface area (Å²) in [5.74, 6) is 0.836. The van der Waals surface area contributed by atoms with E-state index in [-0.39, 0.29) is 39.7 Å². The van der Waals surface area contributed by atoms with E-state index in [1.54, 1.807) is 0 Å². The predicted molar refractivity (Wildman–Crippen MR) is 417 cm³/mol. The van der Waals surface area contributed by atoms with Crippen molar-refractivity contribution in [1.82, 2.24) is 0 Å². The van der Waals surface area contributed by atoms with Crippen molar-refractivity contribution >= 4 is 115 Å². The van der Waals surface area contributed by atoms with Gasteiger partial charge < -0.3 is 39.7 Å². The van der Waals surface area contributed by atoms with Gasteiger partial charge in [0.2, 0.25) is 0 Å². The van der Waals surface area contributed by atoms with E-state index in [4.69, 9.17) is 0 Å². The standard InChI is InChI=1S/2C46H33.2CH3.2ClH.Si.Zr/c2*1-30(32-13-3-2-4-14-32)25-31-26-43-41(45-37-19-9-5-15-33(37)28-34-16-6-10-20-38(34)45)23-24-42(44(43)27-31)46-39-21-11-7-17-35(39)29-36-18-8-12-22-40(36)46;;;;;;/h2*2-24,26-30H,25H2,1H3;2*1H3;2*1H;;/q4*-1;;;;/p-2. The van der Waals surface area contributed by atoms with Gasteiger partial charge in [-0.15, -0.1) is 44.8 Å². The summed E-state index contributed by atoms with van der Waals surface area (Å²) in [6.45, 7) is 7.77. The third-order valence-electron chi connectivity index (χ3n) is 19.9. The number of hydrogen-bond acceptors (Lipinski definition) is 0. The molecule has 0 aliphatic carbocycles. The minimum atomic E-state index is 0. The van der Waals surface area contributed by atoms with E-state index in [0.717, 1.165) is 12.8 Å². The molecule has 0 bridgehead atoms. The quantitative estimate of drug-likeness (QED) is 0.0727.